The minimum atomic E-state index is -0.0857. The van der Waals surface area contributed by atoms with E-state index in [-0.39, 0.29) is 6.10 Å². The second-order valence-corrected chi connectivity index (χ2v) is 4.53. The van der Waals surface area contributed by atoms with Gasteiger partial charge in [0.1, 0.15) is 12.7 Å². The molecule has 1 aliphatic heterocycles. The minimum Gasteiger partial charge on any atom is -0.371 e. The average Bonchev–Trinajstić information content (AvgIpc) is 2.75. The van der Waals surface area contributed by atoms with Crippen molar-refractivity contribution >= 4 is 0 Å². The summed E-state index contributed by atoms with van der Waals surface area (Å²) in [7, 11) is 0. The van der Waals surface area contributed by atoms with E-state index in [0.29, 0.717) is 19.8 Å². The van der Waals surface area contributed by atoms with E-state index in [0.717, 1.165) is 22.9 Å². The van der Waals surface area contributed by atoms with E-state index in [1.165, 1.54) is 0 Å². The molecule has 100 valence electrons. The standard InChI is InChI=1S/C14H17N3O2/c1-3-19-10(2)14-16-15-13-9-18-8-11-6-4-5-7-12(11)17(13)14/h4-7,10H,3,8-9H2,1-2H3. The zero-order valence-corrected chi connectivity index (χ0v) is 11.2. The molecule has 1 aromatic carbocycles. The predicted octanol–water partition coefficient (Wildman–Crippen LogP) is 2.40. The lowest BCUT2D eigenvalue weighted by Crippen LogP contribution is -2.10. The Labute approximate surface area is 112 Å². The fourth-order valence-corrected chi connectivity index (χ4v) is 2.38. The topological polar surface area (TPSA) is 49.2 Å². The van der Waals surface area contributed by atoms with E-state index in [9.17, 15) is 0 Å². The van der Waals surface area contributed by atoms with Gasteiger partial charge in [-0.2, -0.15) is 0 Å². The van der Waals surface area contributed by atoms with Gasteiger partial charge in [-0.05, 0) is 19.9 Å². The van der Waals surface area contributed by atoms with Crippen LogP contribution < -0.4 is 0 Å². The first-order valence-corrected chi connectivity index (χ1v) is 6.53. The van der Waals surface area contributed by atoms with Gasteiger partial charge >= 0.3 is 0 Å². The first-order chi connectivity index (χ1) is 9.31. The van der Waals surface area contributed by atoms with Crippen LogP contribution in [-0.4, -0.2) is 21.4 Å². The van der Waals surface area contributed by atoms with Crippen molar-refractivity contribution in [2.45, 2.75) is 33.2 Å². The van der Waals surface area contributed by atoms with Crippen molar-refractivity contribution in [3.05, 3.63) is 41.5 Å². The SMILES string of the molecule is CCOC(C)c1nnc2n1-c1ccccc1COC2. The van der Waals surface area contributed by atoms with Crippen molar-refractivity contribution in [3.8, 4) is 5.69 Å². The van der Waals surface area contributed by atoms with Gasteiger partial charge in [0, 0.05) is 12.2 Å². The van der Waals surface area contributed by atoms with Gasteiger partial charge in [-0.15, -0.1) is 10.2 Å². The molecular weight excluding hydrogens is 242 g/mol. The molecule has 2 heterocycles. The molecule has 2 aromatic rings. The van der Waals surface area contributed by atoms with Crippen LogP contribution in [0.1, 0.15) is 37.2 Å². The number of hydrogen-bond donors (Lipinski definition) is 0. The number of aromatic nitrogens is 3. The van der Waals surface area contributed by atoms with Gasteiger partial charge in [0.15, 0.2) is 11.6 Å². The number of ether oxygens (including phenoxy) is 2. The lowest BCUT2D eigenvalue weighted by Gasteiger charge is -2.15. The fourth-order valence-electron chi connectivity index (χ4n) is 2.38. The summed E-state index contributed by atoms with van der Waals surface area (Å²) in [4.78, 5) is 0. The highest BCUT2D eigenvalue weighted by Gasteiger charge is 2.23. The lowest BCUT2D eigenvalue weighted by molar-refractivity contribution is 0.0685. The van der Waals surface area contributed by atoms with Crippen molar-refractivity contribution in [1.82, 2.24) is 14.8 Å². The summed E-state index contributed by atoms with van der Waals surface area (Å²) >= 11 is 0. The molecule has 0 N–H and O–H groups in total. The molecule has 3 rings (SSSR count). The van der Waals surface area contributed by atoms with E-state index in [1.54, 1.807) is 0 Å². The fraction of sp³-hybridized carbons (Fsp3) is 0.429. The summed E-state index contributed by atoms with van der Waals surface area (Å²) in [5.74, 6) is 1.65. The van der Waals surface area contributed by atoms with E-state index in [4.69, 9.17) is 9.47 Å². The molecule has 5 heteroatoms. The van der Waals surface area contributed by atoms with Gasteiger partial charge in [-0.3, -0.25) is 4.57 Å². The molecule has 1 unspecified atom stereocenters. The zero-order valence-electron chi connectivity index (χ0n) is 11.2. The maximum Gasteiger partial charge on any atom is 0.166 e. The number of fused-ring (bicyclic) bond motifs is 3. The molecule has 5 nitrogen and oxygen atoms in total. The Hall–Kier alpha value is -1.72. The Balaban J connectivity index is 2.13. The summed E-state index contributed by atoms with van der Waals surface area (Å²) < 4.78 is 13.3. The smallest absolute Gasteiger partial charge is 0.166 e. The minimum absolute atomic E-state index is 0.0857. The van der Waals surface area contributed by atoms with Gasteiger partial charge < -0.3 is 9.47 Å². The number of nitrogens with zero attached hydrogens (tertiary/aromatic N) is 3. The van der Waals surface area contributed by atoms with Gasteiger partial charge in [-0.25, -0.2) is 0 Å². The van der Waals surface area contributed by atoms with Crippen molar-refractivity contribution in [1.29, 1.82) is 0 Å². The second kappa shape index (κ2) is 5.11. The van der Waals surface area contributed by atoms with Crippen molar-refractivity contribution in [3.63, 3.8) is 0 Å². The monoisotopic (exact) mass is 259 g/mol. The summed E-state index contributed by atoms with van der Waals surface area (Å²) in [6.45, 7) is 5.70. The normalized spacial score (nSPS) is 15.5. The first-order valence-electron chi connectivity index (χ1n) is 6.53. The molecule has 0 aliphatic carbocycles. The van der Waals surface area contributed by atoms with Gasteiger partial charge in [-0.1, -0.05) is 18.2 Å². The summed E-state index contributed by atoms with van der Waals surface area (Å²) in [5.41, 5.74) is 2.23. The third kappa shape index (κ3) is 2.15. The van der Waals surface area contributed by atoms with Gasteiger partial charge in [0.25, 0.3) is 0 Å². The van der Waals surface area contributed by atoms with Crippen LogP contribution in [0.4, 0.5) is 0 Å². The quantitative estimate of drug-likeness (QED) is 0.849. The second-order valence-electron chi connectivity index (χ2n) is 4.53. The molecule has 0 saturated carbocycles. The molecule has 0 spiro atoms. The average molecular weight is 259 g/mol. The van der Waals surface area contributed by atoms with Crippen LogP contribution in [0, 0.1) is 0 Å². The maximum atomic E-state index is 5.64. The number of rotatable bonds is 3. The molecule has 1 aliphatic rings. The van der Waals surface area contributed by atoms with E-state index in [2.05, 4.69) is 26.9 Å². The van der Waals surface area contributed by atoms with Gasteiger partial charge in [0.2, 0.25) is 0 Å². The zero-order chi connectivity index (χ0) is 13.2. The Morgan fingerprint density at radius 3 is 3.00 bits per heavy atom. The molecule has 0 amide bonds. The number of para-hydroxylation sites is 1. The van der Waals surface area contributed by atoms with Crippen molar-refractivity contribution < 1.29 is 9.47 Å². The largest absolute Gasteiger partial charge is 0.371 e. The summed E-state index contributed by atoms with van der Waals surface area (Å²) in [6.07, 6.45) is -0.0857. The Bertz CT molecular complexity index is 580. The molecule has 0 fully saturated rings. The Morgan fingerprint density at radius 1 is 1.32 bits per heavy atom. The van der Waals surface area contributed by atoms with Crippen LogP contribution in [0.5, 0.6) is 0 Å². The Morgan fingerprint density at radius 2 is 2.16 bits per heavy atom. The van der Waals surface area contributed by atoms with Crippen molar-refractivity contribution in [2.24, 2.45) is 0 Å². The van der Waals surface area contributed by atoms with Crippen LogP contribution in [0.15, 0.2) is 24.3 Å². The molecular formula is C14H17N3O2. The predicted molar refractivity (Wildman–Crippen MR) is 69.9 cm³/mol. The van der Waals surface area contributed by atoms with Crippen molar-refractivity contribution in [2.75, 3.05) is 6.61 Å². The highest BCUT2D eigenvalue weighted by molar-refractivity contribution is 5.43. The molecule has 0 bridgehead atoms. The molecule has 1 atom stereocenters. The van der Waals surface area contributed by atoms with Crippen LogP contribution >= 0.6 is 0 Å². The highest BCUT2D eigenvalue weighted by atomic mass is 16.5. The lowest BCUT2D eigenvalue weighted by atomic mass is 10.2. The van der Waals surface area contributed by atoms with Crippen LogP contribution in [-0.2, 0) is 22.7 Å². The highest BCUT2D eigenvalue weighted by Crippen LogP contribution is 2.26. The van der Waals surface area contributed by atoms with E-state index < -0.39 is 0 Å². The first kappa shape index (κ1) is 12.3. The molecule has 19 heavy (non-hydrogen) atoms. The maximum absolute atomic E-state index is 5.64. The Kier molecular flexibility index (Phi) is 3.31. The molecule has 1 aromatic heterocycles. The summed E-state index contributed by atoms with van der Waals surface area (Å²) in [5, 5.41) is 8.49. The summed E-state index contributed by atoms with van der Waals surface area (Å²) in [6, 6.07) is 8.17. The van der Waals surface area contributed by atoms with Crippen LogP contribution in [0.3, 0.4) is 0 Å². The number of benzene rings is 1. The van der Waals surface area contributed by atoms with Crippen LogP contribution in [0.2, 0.25) is 0 Å². The van der Waals surface area contributed by atoms with E-state index >= 15 is 0 Å². The van der Waals surface area contributed by atoms with E-state index in [1.807, 2.05) is 26.0 Å². The van der Waals surface area contributed by atoms with Gasteiger partial charge in [0.05, 0.1) is 12.3 Å². The number of hydrogen-bond acceptors (Lipinski definition) is 4. The third-order valence-corrected chi connectivity index (χ3v) is 3.26. The van der Waals surface area contributed by atoms with Crippen LogP contribution in [0.25, 0.3) is 5.69 Å². The molecule has 0 saturated heterocycles. The third-order valence-electron chi connectivity index (χ3n) is 3.26. The molecule has 0 radical (unpaired) electrons.